The Morgan fingerprint density at radius 2 is 2.23 bits per heavy atom. The molecule has 0 saturated heterocycles. The van der Waals surface area contributed by atoms with E-state index in [2.05, 4.69) is 10.3 Å². The average Bonchev–Trinajstić information content (AvgIpc) is 2.14. The molecule has 0 fully saturated rings. The lowest BCUT2D eigenvalue weighted by Crippen LogP contribution is -2.37. The predicted molar refractivity (Wildman–Crippen MR) is 53.5 cm³/mol. The van der Waals surface area contributed by atoms with Crippen LogP contribution in [0, 0.1) is 0 Å². The maximum atomic E-state index is 11.1. The number of nitrogens with one attached hydrogen (secondary N) is 1. The number of hydrogen-bond acceptors (Lipinski definition) is 2. The Labute approximate surface area is 79.0 Å². The van der Waals surface area contributed by atoms with Crippen LogP contribution in [0.15, 0.2) is 4.99 Å². The molecule has 0 rings (SSSR count). The zero-order valence-corrected chi connectivity index (χ0v) is 8.66. The monoisotopic (exact) mass is 186 g/mol. The van der Waals surface area contributed by atoms with Gasteiger partial charge in [0, 0.05) is 20.6 Å². The second kappa shape index (κ2) is 5.40. The van der Waals surface area contributed by atoms with Crippen LogP contribution in [0.5, 0.6) is 0 Å². The summed E-state index contributed by atoms with van der Waals surface area (Å²) >= 11 is 0. The van der Waals surface area contributed by atoms with Crippen LogP contribution in [0.25, 0.3) is 0 Å². The summed E-state index contributed by atoms with van der Waals surface area (Å²) < 4.78 is 0. The Hall–Kier alpha value is -1.26. The standard InChI is InChI=1S/C8H18N4O/c1-5-12(4)8(9)11-6(2)7(13)10-3/h6H,5H2,1-4H3,(H2,9,11)(H,10,13). The smallest absolute Gasteiger partial charge is 0.244 e. The summed E-state index contributed by atoms with van der Waals surface area (Å²) in [5, 5.41) is 2.51. The maximum Gasteiger partial charge on any atom is 0.244 e. The molecule has 0 aromatic heterocycles. The summed E-state index contributed by atoms with van der Waals surface area (Å²) in [7, 11) is 3.41. The van der Waals surface area contributed by atoms with Crippen LogP contribution < -0.4 is 11.1 Å². The van der Waals surface area contributed by atoms with Crippen molar-refractivity contribution in [1.82, 2.24) is 10.2 Å². The summed E-state index contributed by atoms with van der Waals surface area (Å²) in [6.45, 7) is 4.44. The molecule has 0 spiro atoms. The van der Waals surface area contributed by atoms with Gasteiger partial charge in [-0.1, -0.05) is 0 Å². The lowest BCUT2D eigenvalue weighted by Gasteiger charge is -2.16. The van der Waals surface area contributed by atoms with Crippen LogP contribution >= 0.6 is 0 Å². The highest BCUT2D eigenvalue weighted by molar-refractivity contribution is 5.86. The van der Waals surface area contributed by atoms with Crippen molar-refractivity contribution in [2.24, 2.45) is 10.7 Å². The molecular weight excluding hydrogens is 168 g/mol. The fraction of sp³-hybridized carbons (Fsp3) is 0.750. The summed E-state index contributed by atoms with van der Waals surface area (Å²) in [6, 6.07) is -0.431. The van der Waals surface area contributed by atoms with E-state index >= 15 is 0 Å². The van der Waals surface area contributed by atoms with Crippen molar-refractivity contribution in [3.8, 4) is 0 Å². The van der Waals surface area contributed by atoms with Crippen LogP contribution in [-0.2, 0) is 4.79 Å². The quantitative estimate of drug-likeness (QED) is 0.456. The average molecular weight is 186 g/mol. The molecule has 3 N–H and O–H groups in total. The van der Waals surface area contributed by atoms with Crippen LogP contribution in [0.2, 0.25) is 0 Å². The molecule has 5 heteroatoms. The van der Waals surface area contributed by atoms with Gasteiger partial charge in [-0.2, -0.15) is 0 Å². The first-order chi connectivity index (χ1) is 6.02. The Balaban J connectivity index is 4.29. The number of carbonyl (C=O) groups excluding carboxylic acids is 1. The van der Waals surface area contributed by atoms with Crippen molar-refractivity contribution in [1.29, 1.82) is 0 Å². The van der Waals surface area contributed by atoms with E-state index in [1.807, 2.05) is 14.0 Å². The number of likely N-dealkylation sites (N-methyl/N-ethyl adjacent to an activating group) is 1. The highest BCUT2D eigenvalue weighted by Crippen LogP contribution is 1.91. The third-order valence-electron chi connectivity index (χ3n) is 1.82. The first-order valence-electron chi connectivity index (χ1n) is 4.28. The summed E-state index contributed by atoms with van der Waals surface area (Å²) in [5.74, 6) is 0.256. The van der Waals surface area contributed by atoms with Crippen LogP contribution in [0.4, 0.5) is 0 Å². The van der Waals surface area contributed by atoms with Crippen molar-refractivity contribution < 1.29 is 4.79 Å². The van der Waals surface area contributed by atoms with E-state index in [4.69, 9.17) is 5.73 Å². The van der Waals surface area contributed by atoms with Gasteiger partial charge in [0.15, 0.2) is 5.96 Å². The van der Waals surface area contributed by atoms with E-state index in [1.54, 1.807) is 18.9 Å². The van der Waals surface area contributed by atoms with Gasteiger partial charge in [0.25, 0.3) is 0 Å². The second-order valence-electron chi connectivity index (χ2n) is 2.79. The fourth-order valence-corrected chi connectivity index (χ4v) is 0.726. The van der Waals surface area contributed by atoms with E-state index in [9.17, 15) is 4.79 Å². The van der Waals surface area contributed by atoms with Gasteiger partial charge in [0.2, 0.25) is 5.91 Å². The molecule has 0 bridgehead atoms. The molecule has 0 saturated carbocycles. The van der Waals surface area contributed by atoms with E-state index < -0.39 is 6.04 Å². The van der Waals surface area contributed by atoms with Gasteiger partial charge in [-0.3, -0.25) is 4.79 Å². The summed E-state index contributed by atoms with van der Waals surface area (Å²) in [5.41, 5.74) is 5.62. The molecule has 5 nitrogen and oxygen atoms in total. The Bertz CT molecular complexity index is 202. The zero-order chi connectivity index (χ0) is 10.4. The molecule has 0 aromatic rings. The summed E-state index contributed by atoms with van der Waals surface area (Å²) in [6.07, 6.45) is 0. The highest BCUT2D eigenvalue weighted by Gasteiger charge is 2.10. The number of amides is 1. The minimum absolute atomic E-state index is 0.132. The van der Waals surface area contributed by atoms with E-state index in [-0.39, 0.29) is 5.91 Å². The lowest BCUT2D eigenvalue weighted by atomic mass is 10.3. The van der Waals surface area contributed by atoms with Gasteiger partial charge >= 0.3 is 0 Å². The van der Waals surface area contributed by atoms with Gasteiger partial charge < -0.3 is 16.0 Å². The van der Waals surface area contributed by atoms with Gasteiger partial charge in [0.05, 0.1) is 0 Å². The third kappa shape index (κ3) is 3.78. The largest absolute Gasteiger partial charge is 0.370 e. The van der Waals surface area contributed by atoms with E-state index in [0.717, 1.165) is 6.54 Å². The Morgan fingerprint density at radius 1 is 1.69 bits per heavy atom. The molecule has 0 aliphatic heterocycles. The van der Waals surface area contributed by atoms with Crippen molar-refractivity contribution in [2.45, 2.75) is 19.9 Å². The number of hydrogen-bond donors (Lipinski definition) is 2. The molecular formula is C8H18N4O. The molecule has 1 unspecified atom stereocenters. The van der Waals surface area contributed by atoms with Crippen molar-refractivity contribution in [2.75, 3.05) is 20.6 Å². The minimum Gasteiger partial charge on any atom is -0.370 e. The number of guanidine groups is 1. The molecule has 13 heavy (non-hydrogen) atoms. The summed E-state index contributed by atoms with van der Waals surface area (Å²) in [4.78, 5) is 16.9. The highest BCUT2D eigenvalue weighted by atomic mass is 16.2. The van der Waals surface area contributed by atoms with Crippen LogP contribution in [0.1, 0.15) is 13.8 Å². The normalized spacial score (nSPS) is 13.7. The number of rotatable bonds is 3. The van der Waals surface area contributed by atoms with Gasteiger partial charge in [-0.05, 0) is 13.8 Å². The third-order valence-corrected chi connectivity index (χ3v) is 1.82. The Morgan fingerprint density at radius 3 is 2.62 bits per heavy atom. The molecule has 76 valence electrons. The first-order valence-corrected chi connectivity index (χ1v) is 4.28. The van der Waals surface area contributed by atoms with E-state index in [1.165, 1.54) is 0 Å². The Kier molecular flexibility index (Phi) is 4.87. The van der Waals surface area contributed by atoms with Gasteiger partial charge in [-0.15, -0.1) is 0 Å². The number of aliphatic imine (C=N–C) groups is 1. The van der Waals surface area contributed by atoms with Gasteiger partial charge in [-0.25, -0.2) is 4.99 Å². The molecule has 0 aromatic carbocycles. The molecule has 0 aliphatic rings. The molecule has 1 amide bonds. The van der Waals surface area contributed by atoms with Crippen LogP contribution in [0.3, 0.4) is 0 Å². The second-order valence-corrected chi connectivity index (χ2v) is 2.79. The number of nitrogens with zero attached hydrogens (tertiary/aromatic N) is 2. The SMILES string of the molecule is CCN(C)/C(N)=N/C(C)C(=O)NC. The molecule has 0 heterocycles. The van der Waals surface area contributed by atoms with Gasteiger partial charge in [0.1, 0.15) is 6.04 Å². The van der Waals surface area contributed by atoms with Crippen molar-refractivity contribution in [3.63, 3.8) is 0 Å². The zero-order valence-electron chi connectivity index (χ0n) is 8.66. The maximum absolute atomic E-state index is 11.1. The topological polar surface area (TPSA) is 70.7 Å². The number of carbonyl (C=O) groups is 1. The van der Waals surface area contributed by atoms with Crippen molar-refractivity contribution in [3.05, 3.63) is 0 Å². The predicted octanol–water partition coefficient (Wildman–Crippen LogP) is -0.613. The fourth-order valence-electron chi connectivity index (χ4n) is 0.726. The van der Waals surface area contributed by atoms with Crippen molar-refractivity contribution >= 4 is 11.9 Å². The lowest BCUT2D eigenvalue weighted by molar-refractivity contribution is -0.121. The minimum atomic E-state index is -0.431. The molecule has 1 atom stereocenters. The number of nitrogens with two attached hydrogens (primary N) is 1. The van der Waals surface area contributed by atoms with E-state index in [0.29, 0.717) is 5.96 Å². The van der Waals surface area contributed by atoms with Crippen LogP contribution in [-0.4, -0.2) is 43.4 Å². The first kappa shape index (κ1) is 11.7. The molecule has 0 aliphatic carbocycles. The molecule has 0 radical (unpaired) electrons.